The standard InChI is InChI=1S/C11H18N2O3S/c1-4-16-11(14)9-7(2)8(3)17-10(9)13-6-15-5-12/h13H,4-6,12H2,1-3H3. The molecule has 0 atom stereocenters. The molecule has 0 aliphatic rings. The van der Waals surface area contributed by atoms with Crippen LogP contribution in [-0.4, -0.2) is 26.0 Å². The van der Waals surface area contributed by atoms with Crippen molar-refractivity contribution >= 4 is 22.3 Å². The minimum Gasteiger partial charge on any atom is -0.462 e. The first-order chi connectivity index (χ1) is 8.11. The Morgan fingerprint density at radius 2 is 2.18 bits per heavy atom. The molecule has 0 amide bonds. The van der Waals surface area contributed by atoms with Crippen molar-refractivity contribution in [3.8, 4) is 0 Å². The van der Waals surface area contributed by atoms with E-state index in [4.69, 9.17) is 15.2 Å². The number of esters is 1. The summed E-state index contributed by atoms with van der Waals surface area (Å²) in [4.78, 5) is 12.9. The monoisotopic (exact) mass is 258 g/mol. The summed E-state index contributed by atoms with van der Waals surface area (Å²) in [6.07, 6.45) is 0. The number of hydrogen-bond donors (Lipinski definition) is 2. The largest absolute Gasteiger partial charge is 0.462 e. The zero-order valence-corrected chi connectivity index (χ0v) is 11.1. The average molecular weight is 258 g/mol. The molecule has 1 aromatic heterocycles. The molecule has 6 heteroatoms. The zero-order chi connectivity index (χ0) is 12.8. The van der Waals surface area contributed by atoms with Crippen LogP contribution in [0.5, 0.6) is 0 Å². The molecule has 0 aliphatic carbocycles. The van der Waals surface area contributed by atoms with Crippen molar-refractivity contribution in [3.05, 3.63) is 16.0 Å². The van der Waals surface area contributed by atoms with Gasteiger partial charge in [0.1, 0.15) is 11.7 Å². The van der Waals surface area contributed by atoms with Crippen LogP contribution in [0.15, 0.2) is 0 Å². The van der Waals surface area contributed by atoms with E-state index in [0.29, 0.717) is 12.2 Å². The predicted molar refractivity (Wildman–Crippen MR) is 68.4 cm³/mol. The van der Waals surface area contributed by atoms with E-state index in [-0.39, 0.29) is 19.4 Å². The van der Waals surface area contributed by atoms with Crippen LogP contribution in [0, 0.1) is 13.8 Å². The Hall–Kier alpha value is -1.11. The van der Waals surface area contributed by atoms with E-state index >= 15 is 0 Å². The van der Waals surface area contributed by atoms with E-state index in [9.17, 15) is 4.79 Å². The van der Waals surface area contributed by atoms with Crippen LogP contribution in [0.25, 0.3) is 0 Å². The smallest absolute Gasteiger partial charge is 0.341 e. The quantitative estimate of drug-likeness (QED) is 0.463. The van der Waals surface area contributed by atoms with Gasteiger partial charge < -0.3 is 20.5 Å². The van der Waals surface area contributed by atoms with Gasteiger partial charge in [0.2, 0.25) is 0 Å². The Morgan fingerprint density at radius 3 is 2.76 bits per heavy atom. The number of carbonyl (C=O) groups is 1. The number of thiophene rings is 1. The van der Waals surface area contributed by atoms with Crippen molar-refractivity contribution in [2.45, 2.75) is 20.8 Å². The van der Waals surface area contributed by atoms with Gasteiger partial charge in [0.25, 0.3) is 0 Å². The van der Waals surface area contributed by atoms with Crippen LogP contribution < -0.4 is 11.1 Å². The summed E-state index contributed by atoms with van der Waals surface area (Å²) < 4.78 is 10.0. The number of anilines is 1. The first-order valence-electron chi connectivity index (χ1n) is 5.40. The van der Waals surface area contributed by atoms with Gasteiger partial charge in [0.15, 0.2) is 0 Å². The summed E-state index contributed by atoms with van der Waals surface area (Å²) in [7, 11) is 0. The molecule has 0 unspecified atom stereocenters. The van der Waals surface area contributed by atoms with Crippen molar-refractivity contribution < 1.29 is 14.3 Å². The number of aryl methyl sites for hydroxylation is 1. The average Bonchev–Trinajstić information content (AvgIpc) is 2.56. The molecule has 0 fully saturated rings. The summed E-state index contributed by atoms with van der Waals surface area (Å²) in [6.45, 7) is 6.46. The molecule has 0 radical (unpaired) electrons. The van der Waals surface area contributed by atoms with Crippen molar-refractivity contribution in [3.63, 3.8) is 0 Å². The van der Waals surface area contributed by atoms with Gasteiger partial charge in [-0.3, -0.25) is 0 Å². The molecule has 0 saturated carbocycles. The lowest BCUT2D eigenvalue weighted by Crippen LogP contribution is -2.14. The van der Waals surface area contributed by atoms with Gasteiger partial charge in [-0.1, -0.05) is 0 Å². The van der Waals surface area contributed by atoms with Gasteiger partial charge in [0.05, 0.1) is 18.9 Å². The van der Waals surface area contributed by atoms with E-state index in [1.807, 2.05) is 13.8 Å². The predicted octanol–water partition coefficient (Wildman–Crippen LogP) is 1.84. The summed E-state index contributed by atoms with van der Waals surface area (Å²) in [5, 5.41) is 3.80. The second kappa shape index (κ2) is 6.58. The third-order valence-corrected chi connectivity index (χ3v) is 3.48. The molecule has 96 valence electrons. The zero-order valence-electron chi connectivity index (χ0n) is 10.3. The van der Waals surface area contributed by atoms with Gasteiger partial charge in [0, 0.05) is 4.88 Å². The van der Waals surface area contributed by atoms with E-state index < -0.39 is 0 Å². The molecule has 3 N–H and O–H groups in total. The molecule has 17 heavy (non-hydrogen) atoms. The van der Waals surface area contributed by atoms with Gasteiger partial charge in [-0.25, -0.2) is 4.79 Å². The van der Waals surface area contributed by atoms with Crippen LogP contribution in [0.1, 0.15) is 27.7 Å². The van der Waals surface area contributed by atoms with Crippen molar-refractivity contribution in [1.82, 2.24) is 0 Å². The van der Waals surface area contributed by atoms with Crippen molar-refractivity contribution in [2.75, 3.05) is 25.4 Å². The Labute approximate surface area is 105 Å². The fourth-order valence-corrected chi connectivity index (χ4v) is 2.41. The molecule has 0 bridgehead atoms. The second-order valence-corrected chi connectivity index (χ2v) is 4.62. The van der Waals surface area contributed by atoms with Crippen LogP contribution in [0.3, 0.4) is 0 Å². The lowest BCUT2D eigenvalue weighted by atomic mass is 10.1. The Kier molecular flexibility index (Phi) is 5.40. The highest BCUT2D eigenvalue weighted by atomic mass is 32.1. The molecule has 1 heterocycles. The Bertz CT molecular complexity index is 390. The lowest BCUT2D eigenvalue weighted by Gasteiger charge is -2.07. The molecule has 0 aliphatic heterocycles. The van der Waals surface area contributed by atoms with Crippen LogP contribution in [0.4, 0.5) is 5.00 Å². The van der Waals surface area contributed by atoms with Crippen molar-refractivity contribution in [1.29, 1.82) is 0 Å². The van der Waals surface area contributed by atoms with Crippen LogP contribution >= 0.6 is 11.3 Å². The molecule has 1 aromatic rings. The number of rotatable bonds is 6. The number of carbonyl (C=O) groups excluding carboxylic acids is 1. The van der Waals surface area contributed by atoms with Crippen molar-refractivity contribution in [2.24, 2.45) is 5.73 Å². The van der Waals surface area contributed by atoms with E-state index in [2.05, 4.69) is 5.32 Å². The maximum Gasteiger partial charge on any atom is 0.341 e. The summed E-state index contributed by atoms with van der Waals surface area (Å²) >= 11 is 1.51. The number of nitrogens with one attached hydrogen (secondary N) is 1. The maximum absolute atomic E-state index is 11.8. The van der Waals surface area contributed by atoms with Crippen LogP contribution in [-0.2, 0) is 9.47 Å². The molecule has 0 saturated heterocycles. The lowest BCUT2D eigenvalue weighted by molar-refractivity contribution is 0.0527. The second-order valence-electron chi connectivity index (χ2n) is 3.40. The number of nitrogens with two attached hydrogens (primary N) is 1. The summed E-state index contributed by atoms with van der Waals surface area (Å²) in [5.74, 6) is -0.301. The normalized spacial score (nSPS) is 10.4. The summed E-state index contributed by atoms with van der Waals surface area (Å²) in [5.41, 5.74) is 6.76. The Balaban J connectivity index is 2.88. The topological polar surface area (TPSA) is 73.6 Å². The fraction of sp³-hybridized carbons (Fsp3) is 0.545. The molecular formula is C11H18N2O3S. The highest BCUT2D eigenvalue weighted by Crippen LogP contribution is 2.32. The van der Waals surface area contributed by atoms with E-state index in [1.165, 1.54) is 11.3 Å². The first kappa shape index (κ1) is 14.0. The minimum atomic E-state index is -0.301. The number of hydrogen-bond acceptors (Lipinski definition) is 6. The molecular weight excluding hydrogens is 240 g/mol. The fourth-order valence-electron chi connectivity index (χ4n) is 1.38. The van der Waals surface area contributed by atoms with Gasteiger partial charge in [-0.15, -0.1) is 11.3 Å². The molecule has 5 nitrogen and oxygen atoms in total. The highest BCUT2D eigenvalue weighted by molar-refractivity contribution is 7.16. The van der Waals surface area contributed by atoms with E-state index in [1.54, 1.807) is 6.92 Å². The number of ether oxygens (including phenoxy) is 2. The minimum absolute atomic E-state index is 0.144. The highest BCUT2D eigenvalue weighted by Gasteiger charge is 2.20. The van der Waals surface area contributed by atoms with E-state index in [0.717, 1.165) is 15.4 Å². The maximum atomic E-state index is 11.8. The molecule has 1 rings (SSSR count). The van der Waals surface area contributed by atoms with Crippen LogP contribution in [0.2, 0.25) is 0 Å². The van der Waals surface area contributed by atoms with Gasteiger partial charge >= 0.3 is 5.97 Å². The third kappa shape index (κ3) is 3.42. The van der Waals surface area contributed by atoms with Gasteiger partial charge in [-0.05, 0) is 26.3 Å². The van der Waals surface area contributed by atoms with Gasteiger partial charge in [-0.2, -0.15) is 0 Å². The molecule has 0 spiro atoms. The third-order valence-electron chi connectivity index (χ3n) is 2.32. The Morgan fingerprint density at radius 1 is 1.47 bits per heavy atom. The summed E-state index contributed by atoms with van der Waals surface area (Å²) in [6, 6.07) is 0. The first-order valence-corrected chi connectivity index (χ1v) is 6.22. The SMILES string of the molecule is CCOC(=O)c1c(NCOCN)sc(C)c1C. The molecule has 0 aromatic carbocycles.